The normalized spacial score (nSPS) is 17.3. The Labute approximate surface area is 155 Å². The Morgan fingerprint density at radius 2 is 1.96 bits per heavy atom. The van der Waals surface area contributed by atoms with Gasteiger partial charge in [-0.15, -0.1) is 0 Å². The van der Waals surface area contributed by atoms with Crippen LogP contribution in [0.4, 0.5) is 16.3 Å². The van der Waals surface area contributed by atoms with Crippen LogP contribution in [0.2, 0.25) is 0 Å². The summed E-state index contributed by atoms with van der Waals surface area (Å²) in [6, 6.07) is 12.5. The molecule has 0 saturated carbocycles. The van der Waals surface area contributed by atoms with Crippen molar-refractivity contribution in [3.05, 3.63) is 53.7 Å². The van der Waals surface area contributed by atoms with Crippen LogP contribution in [0.3, 0.4) is 0 Å². The van der Waals surface area contributed by atoms with Crippen molar-refractivity contribution in [2.24, 2.45) is 5.92 Å². The molecule has 0 atom stereocenters. The van der Waals surface area contributed by atoms with E-state index in [0.717, 1.165) is 51.0 Å². The average Bonchev–Trinajstić information content (AvgIpc) is 3.07. The van der Waals surface area contributed by atoms with Gasteiger partial charge < -0.3 is 9.80 Å². The van der Waals surface area contributed by atoms with Crippen LogP contribution in [0.25, 0.3) is 0 Å². The number of carbonyl (C=O) groups excluding carboxylic acids is 1. The number of fused-ring (bicyclic) bond motifs is 1. The minimum atomic E-state index is -0.0358. The number of likely N-dealkylation sites (tertiary alicyclic amines) is 1. The van der Waals surface area contributed by atoms with Crippen molar-refractivity contribution in [1.29, 1.82) is 0 Å². The second-order valence-electron chi connectivity index (χ2n) is 7.41. The molecule has 2 aliphatic heterocycles. The van der Waals surface area contributed by atoms with Gasteiger partial charge in [0.05, 0.1) is 0 Å². The van der Waals surface area contributed by atoms with Crippen LogP contribution in [0.15, 0.2) is 42.6 Å². The Bertz CT molecular complexity index is 766. The van der Waals surface area contributed by atoms with E-state index in [2.05, 4.69) is 39.5 Å². The molecule has 26 heavy (non-hydrogen) atoms. The van der Waals surface area contributed by atoms with E-state index >= 15 is 0 Å². The molecular weight excluding hydrogens is 324 g/mol. The number of urea groups is 1. The van der Waals surface area contributed by atoms with Crippen LogP contribution < -0.4 is 10.2 Å². The monoisotopic (exact) mass is 350 g/mol. The van der Waals surface area contributed by atoms with E-state index in [1.165, 1.54) is 11.3 Å². The molecule has 0 radical (unpaired) electrons. The summed E-state index contributed by atoms with van der Waals surface area (Å²) in [5.74, 6) is 1.28. The molecule has 1 N–H and O–H groups in total. The molecule has 1 aromatic heterocycles. The zero-order valence-electron chi connectivity index (χ0n) is 15.3. The minimum absolute atomic E-state index is 0.0358. The Balaban J connectivity index is 1.28. The highest BCUT2D eigenvalue weighted by molar-refractivity contribution is 5.88. The number of nitrogens with one attached hydrogen (secondary N) is 1. The molecule has 4 rings (SSSR count). The lowest BCUT2D eigenvalue weighted by Crippen LogP contribution is -2.43. The van der Waals surface area contributed by atoms with Crippen molar-refractivity contribution >= 4 is 17.5 Å². The summed E-state index contributed by atoms with van der Waals surface area (Å²) >= 11 is 0. The van der Waals surface area contributed by atoms with E-state index in [0.29, 0.717) is 11.7 Å². The predicted molar refractivity (Wildman–Crippen MR) is 105 cm³/mol. The SMILES string of the molecule is Cc1ccc(NC(=O)N2CCC(CN3CCc4ccccc43)CC2)nc1. The van der Waals surface area contributed by atoms with Crippen molar-refractivity contribution in [1.82, 2.24) is 9.88 Å². The number of amides is 2. The standard InChI is InChI=1S/C21H26N4O/c1-16-6-7-20(22-14-16)23-21(26)24-11-8-17(9-12-24)15-25-13-10-18-4-2-3-5-19(18)25/h2-7,14,17H,8-13,15H2,1H3,(H,22,23,26). The third-order valence-electron chi connectivity index (χ3n) is 5.51. The fourth-order valence-corrected chi connectivity index (χ4v) is 3.96. The molecule has 3 heterocycles. The van der Waals surface area contributed by atoms with Crippen LogP contribution in [0.5, 0.6) is 0 Å². The summed E-state index contributed by atoms with van der Waals surface area (Å²) in [5.41, 5.74) is 3.96. The lowest BCUT2D eigenvalue weighted by Gasteiger charge is -2.34. The number of hydrogen-bond donors (Lipinski definition) is 1. The van der Waals surface area contributed by atoms with E-state index in [4.69, 9.17) is 0 Å². The second-order valence-corrected chi connectivity index (χ2v) is 7.41. The zero-order chi connectivity index (χ0) is 17.9. The van der Waals surface area contributed by atoms with Crippen LogP contribution in [-0.2, 0) is 6.42 Å². The van der Waals surface area contributed by atoms with Crippen LogP contribution in [-0.4, -0.2) is 42.1 Å². The molecule has 136 valence electrons. The molecular formula is C21H26N4O. The molecule has 1 fully saturated rings. The van der Waals surface area contributed by atoms with Crippen molar-refractivity contribution in [2.75, 3.05) is 36.4 Å². The number of rotatable bonds is 3. The number of aromatic nitrogens is 1. The van der Waals surface area contributed by atoms with Crippen molar-refractivity contribution in [3.8, 4) is 0 Å². The quantitative estimate of drug-likeness (QED) is 0.918. The number of benzene rings is 1. The number of aryl methyl sites for hydroxylation is 1. The maximum Gasteiger partial charge on any atom is 0.323 e. The predicted octanol–water partition coefficient (Wildman–Crippen LogP) is 3.70. The molecule has 0 bridgehead atoms. The van der Waals surface area contributed by atoms with Gasteiger partial charge in [-0.05, 0) is 55.4 Å². The molecule has 1 aromatic carbocycles. The van der Waals surface area contributed by atoms with Crippen LogP contribution >= 0.6 is 0 Å². The van der Waals surface area contributed by atoms with E-state index in [9.17, 15) is 4.79 Å². The first-order chi connectivity index (χ1) is 12.7. The number of pyridine rings is 1. The second kappa shape index (κ2) is 7.36. The first kappa shape index (κ1) is 16.9. The Morgan fingerprint density at radius 3 is 2.73 bits per heavy atom. The van der Waals surface area contributed by atoms with Crippen molar-refractivity contribution in [3.63, 3.8) is 0 Å². The first-order valence-electron chi connectivity index (χ1n) is 9.50. The molecule has 5 nitrogen and oxygen atoms in total. The number of anilines is 2. The number of carbonyl (C=O) groups is 1. The fourth-order valence-electron chi connectivity index (χ4n) is 3.96. The van der Waals surface area contributed by atoms with E-state index < -0.39 is 0 Å². The van der Waals surface area contributed by atoms with Gasteiger partial charge in [0.2, 0.25) is 0 Å². The van der Waals surface area contributed by atoms with Gasteiger partial charge in [-0.1, -0.05) is 24.3 Å². The van der Waals surface area contributed by atoms with Gasteiger partial charge in [-0.25, -0.2) is 9.78 Å². The Kier molecular flexibility index (Phi) is 4.78. The third kappa shape index (κ3) is 3.66. The number of para-hydroxylation sites is 1. The summed E-state index contributed by atoms with van der Waals surface area (Å²) in [5, 5.41) is 2.91. The van der Waals surface area contributed by atoms with Crippen LogP contribution in [0.1, 0.15) is 24.0 Å². The van der Waals surface area contributed by atoms with Gasteiger partial charge in [-0.3, -0.25) is 5.32 Å². The van der Waals surface area contributed by atoms with Gasteiger partial charge in [0.15, 0.2) is 0 Å². The molecule has 0 aliphatic carbocycles. The van der Waals surface area contributed by atoms with Gasteiger partial charge in [-0.2, -0.15) is 0 Å². The molecule has 0 unspecified atom stereocenters. The highest BCUT2D eigenvalue weighted by Crippen LogP contribution is 2.30. The summed E-state index contributed by atoms with van der Waals surface area (Å²) in [7, 11) is 0. The topological polar surface area (TPSA) is 48.5 Å². The maximum absolute atomic E-state index is 12.4. The summed E-state index contributed by atoms with van der Waals surface area (Å²) < 4.78 is 0. The maximum atomic E-state index is 12.4. The Hall–Kier alpha value is -2.56. The van der Waals surface area contributed by atoms with E-state index in [-0.39, 0.29) is 6.03 Å². The lowest BCUT2D eigenvalue weighted by molar-refractivity contribution is 0.183. The molecule has 0 spiro atoms. The molecule has 5 heteroatoms. The fraction of sp³-hybridized carbons (Fsp3) is 0.429. The van der Waals surface area contributed by atoms with Gasteiger partial charge in [0.25, 0.3) is 0 Å². The Morgan fingerprint density at radius 1 is 1.15 bits per heavy atom. The largest absolute Gasteiger partial charge is 0.371 e. The van der Waals surface area contributed by atoms with Gasteiger partial charge in [0.1, 0.15) is 5.82 Å². The van der Waals surface area contributed by atoms with E-state index in [1.54, 1.807) is 6.20 Å². The third-order valence-corrected chi connectivity index (χ3v) is 5.51. The molecule has 2 amide bonds. The summed E-state index contributed by atoms with van der Waals surface area (Å²) in [6.07, 6.45) is 5.05. The minimum Gasteiger partial charge on any atom is -0.371 e. The van der Waals surface area contributed by atoms with Gasteiger partial charge in [0, 0.05) is 38.1 Å². The summed E-state index contributed by atoms with van der Waals surface area (Å²) in [6.45, 7) is 5.85. The highest BCUT2D eigenvalue weighted by Gasteiger charge is 2.26. The first-order valence-corrected chi connectivity index (χ1v) is 9.50. The molecule has 2 aliphatic rings. The number of piperidine rings is 1. The van der Waals surface area contributed by atoms with Crippen molar-refractivity contribution in [2.45, 2.75) is 26.2 Å². The lowest BCUT2D eigenvalue weighted by atomic mass is 9.96. The molecule has 1 saturated heterocycles. The number of nitrogens with zero attached hydrogens (tertiary/aromatic N) is 3. The summed E-state index contributed by atoms with van der Waals surface area (Å²) in [4.78, 5) is 21.1. The average molecular weight is 350 g/mol. The van der Waals surface area contributed by atoms with Gasteiger partial charge >= 0.3 is 6.03 Å². The number of hydrogen-bond acceptors (Lipinski definition) is 3. The van der Waals surface area contributed by atoms with Crippen LogP contribution in [0, 0.1) is 12.8 Å². The van der Waals surface area contributed by atoms with Crippen molar-refractivity contribution < 1.29 is 4.79 Å². The smallest absolute Gasteiger partial charge is 0.323 e. The zero-order valence-corrected chi connectivity index (χ0v) is 15.3. The molecule has 2 aromatic rings. The highest BCUT2D eigenvalue weighted by atomic mass is 16.2. The van der Waals surface area contributed by atoms with E-state index in [1.807, 2.05) is 24.0 Å².